The Labute approximate surface area is 144 Å². The van der Waals surface area contributed by atoms with E-state index in [4.69, 9.17) is 14.2 Å². The van der Waals surface area contributed by atoms with E-state index in [0.29, 0.717) is 35.8 Å². The van der Waals surface area contributed by atoms with Gasteiger partial charge in [-0.3, -0.25) is 9.59 Å². The quantitative estimate of drug-likeness (QED) is 0.813. The molecule has 1 N–H and O–H groups in total. The summed E-state index contributed by atoms with van der Waals surface area (Å²) in [6, 6.07) is 9.68. The van der Waals surface area contributed by atoms with Gasteiger partial charge in [-0.1, -0.05) is 12.1 Å². The molecule has 0 aliphatic carbocycles. The third-order valence-electron chi connectivity index (χ3n) is 3.92. The number of benzene rings is 2. The van der Waals surface area contributed by atoms with Gasteiger partial charge in [-0.2, -0.15) is 0 Å². The van der Waals surface area contributed by atoms with E-state index in [1.807, 2.05) is 0 Å². The minimum atomic E-state index is -0.247. The average molecular weight is 342 g/mol. The number of hydrogen-bond donors (Lipinski definition) is 1. The zero-order valence-electron chi connectivity index (χ0n) is 13.8. The molecule has 0 saturated carbocycles. The predicted octanol–water partition coefficient (Wildman–Crippen LogP) is 3.02. The second-order valence-corrected chi connectivity index (χ2v) is 5.60. The number of rotatable bonds is 6. The topological polar surface area (TPSA) is 82.1 Å². The molecule has 2 aromatic carbocycles. The van der Waals surface area contributed by atoms with Crippen LogP contribution in [0.3, 0.4) is 0 Å². The molecular weight excluding hydrogens is 324 g/mol. The van der Waals surface area contributed by atoms with Gasteiger partial charge < -0.3 is 19.3 Å². The van der Waals surface area contributed by atoms with Crippen LogP contribution in [0.2, 0.25) is 0 Å². The first-order chi connectivity index (χ1) is 12.1. The largest absolute Gasteiger partial charge is 0.504 e. The molecule has 0 spiro atoms. The van der Waals surface area contributed by atoms with Crippen LogP contribution in [-0.4, -0.2) is 37.0 Å². The molecule has 3 rings (SSSR count). The molecule has 1 aliphatic heterocycles. The number of carbonyl (C=O) groups is 2. The molecule has 1 heterocycles. The maximum atomic E-state index is 12.4. The van der Waals surface area contributed by atoms with Crippen LogP contribution in [0.15, 0.2) is 36.4 Å². The SMILES string of the molecule is COc1cccc(C(=O)CCC(=O)c2cc(O)c3c(c2)OCCO3)c1. The highest BCUT2D eigenvalue weighted by Gasteiger charge is 2.20. The van der Waals surface area contributed by atoms with Crippen molar-refractivity contribution in [3.05, 3.63) is 47.5 Å². The fourth-order valence-corrected chi connectivity index (χ4v) is 2.61. The Kier molecular flexibility index (Phi) is 4.88. The van der Waals surface area contributed by atoms with Gasteiger partial charge >= 0.3 is 0 Å². The maximum absolute atomic E-state index is 12.4. The minimum Gasteiger partial charge on any atom is -0.504 e. The third-order valence-corrected chi connectivity index (χ3v) is 3.92. The van der Waals surface area contributed by atoms with Gasteiger partial charge in [-0.15, -0.1) is 0 Å². The van der Waals surface area contributed by atoms with Crippen molar-refractivity contribution >= 4 is 11.6 Å². The molecule has 0 aromatic heterocycles. The highest BCUT2D eigenvalue weighted by atomic mass is 16.6. The van der Waals surface area contributed by atoms with Crippen LogP contribution in [0.1, 0.15) is 33.6 Å². The summed E-state index contributed by atoms with van der Waals surface area (Å²) in [5.41, 5.74) is 0.789. The number of aromatic hydroxyl groups is 1. The Hall–Kier alpha value is -3.02. The molecule has 0 amide bonds. The Balaban J connectivity index is 1.68. The van der Waals surface area contributed by atoms with Crippen LogP contribution in [0.5, 0.6) is 23.0 Å². The van der Waals surface area contributed by atoms with E-state index < -0.39 is 0 Å². The molecule has 0 saturated heterocycles. The molecule has 6 nitrogen and oxygen atoms in total. The molecule has 25 heavy (non-hydrogen) atoms. The van der Waals surface area contributed by atoms with Crippen molar-refractivity contribution in [3.8, 4) is 23.0 Å². The normalized spacial score (nSPS) is 12.5. The first kappa shape index (κ1) is 16.8. The van der Waals surface area contributed by atoms with E-state index >= 15 is 0 Å². The van der Waals surface area contributed by atoms with E-state index in [-0.39, 0.29) is 35.9 Å². The fourth-order valence-electron chi connectivity index (χ4n) is 2.61. The van der Waals surface area contributed by atoms with Crippen molar-refractivity contribution in [3.63, 3.8) is 0 Å². The summed E-state index contributed by atoms with van der Waals surface area (Å²) in [6.45, 7) is 0.710. The van der Waals surface area contributed by atoms with E-state index in [1.165, 1.54) is 19.2 Å². The lowest BCUT2D eigenvalue weighted by molar-refractivity contribution is 0.0916. The van der Waals surface area contributed by atoms with Gasteiger partial charge in [0.1, 0.15) is 19.0 Å². The summed E-state index contributed by atoms with van der Waals surface area (Å²) in [7, 11) is 1.53. The molecule has 130 valence electrons. The van der Waals surface area contributed by atoms with Crippen molar-refractivity contribution in [2.45, 2.75) is 12.8 Å². The van der Waals surface area contributed by atoms with Crippen LogP contribution in [0, 0.1) is 0 Å². The zero-order valence-corrected chi connectivity index (χ0v) is 13.8. The number of ether oxygens (including phenoxy) is 3. The van der Waals surface area contributed by atoms with Gasteiger partial charge in [0.2, 0.25) is 5.75 Å². The predicted molar refractivity (Wildman–Crippen MR) is 90.0 cm³/mol. The molecule has 0 unspecified atom stereocenters. The number of phenols is 1. The van der Waals surface area contributed by atoms with Crippen molar-refractivity contribution in [2.75, 3.05) is 20.3 Å². The first-order valence-electron chi connectivity index (χ1n) is 7.91. The summed E-state index contributed by atoms with van der Waals surface area (Å²) in [6.07, 6.45) is 0.107. The number of Topliss-reactive ketones (excluding diaryl/α,β-unsaturated/α-hetero) is 2. The summed E-state index contributed by atoms with van der Waals surface area (Å²) < 4.78 is 15.8. The monoisotopic (exact) mass is 342 g/mol. The minimum absolute atomic E-state index is 0.0368. The first-order valence-corrected chi connectivity index (χ1v) is 7.91. The zero-order chi connectivity index (χ0) is 17.8. The third kappa shape index (κ3) is 3.74. The summed E-state index contributed by atoms with van der Waals surface area (Å²) in [4.78, 5) is 24.6. The smallest absolute Gasteiger partial charge is 0.203 e. The lowest BCUT2D eigenvalue weighted by atomic mass is 10.0. The van der Waals surface area contributed by atoms with Crippen molar-refractivity contribution < 1.29 is 28.9 Å². The van der Waals surface area contributed by atoms with Gasteiger partial charge in [-0.05, 0) is 24.3 Å². The Morgan fingerprint density at radius 1 is 1.04 bits per heavy atom. The highest BCUT2D eigenvalue weighted by molar-refractivity contribution is 6.02. The number of carbonyl (C=O) groups excluding carboxylic acids is 2. The number of fused-ring (bicyclic) bond motifs is 1. The van der Waals surface area contributed by atoms with Crippen molar-refractivity contribution in [2.24, 2.45) is 0 Å². The van der Waals surface area contributed by atoms with Crippen LogP contribution in [-0.2, 0) is 0 Å². The van der Waals surface area contributed by atoms with Crippen molar-refractivity contribution in [1.82, 2.24) is 0 Å². The Bertz CT molecular complexity index is 812. The Morgan fingerprint density at radius 2 is 1.76 bits per heavy atom. The van der Waals surface area contributed by atoms with E-state index in [9.17, 15) is 14.7 Å². The average Bonchev–Trinajstić information content (AvgIpc) is 2.65. The van der Waals surface area contributed by atoms with Crippen molar-refractivity contribution in [1.29, 1.82) is 0 Å². The van der Waals surface area contributed by atoms with Crippen LogP contribution in [0.4, 0.5) is 0 Å². The van der Waals surface area contributed by atoms with Gasteiger partial charge in [0.05, 0.1) is 7.11 Å². The van der Waals surface area contributed by atoms with E-state index in [1.54, 1.807) is 24.3 Å². The van der Waals surface area contributed by atoms with Gasteiger partial charge in [0.15, 0.2) is 23.1 Å². The summed E-state index contributed by atoms with van der Waals surface area (Å²) >= 11 is 0. The summed E-state index contributed by atoms with van der Waals surface area (Å²) in [5.74, 6) is 0.648. The molecule has 6 heteroatoms. The second-order valence-electron chi connectivity index (χ2n) is 5.60. The fraction of sp³-hybridized carbons (Fsp3) is 0.263. The number of methoxy groups -OCH3 is 1. The maximum Gasteiger partial charge on any atom is 0.203 e. The molecule has 2 aromatic rings. The molecular formula is C19H18O6. The molecule has 0 bridgehead atoms. The summed E-state index contributed by atoms with van der Waals surface area (Å²) in [5, 5.41) is 9.96. The van der Waals surface area contributed by atoms with Gasteiger partial charge in [0.25, 0.3) is 0 Å². The molecule has 0 fully saturated rings. The standard InChI is InChI=1S/C19H18O6/c1-23-14-4-2-3-12(9-14)15(20)5-6-16(21)13-10-17(22)19-18(11-13)24-7-8-25-19/h2-4,9-11,22H,5-8H2,1H3. The number of hydrogen-bond acceptors (Lipinski definition) is 6. The van der Waals surface area contributed by atoms with Crippen LogP contribution < -0.4 is 14.2 Å². The lowest BCUT2D eigenvalue weighted by Gasteiger charge is -2.19. The number of ketones is 2. The molecule has 1 aliphatic rings. The molecule has 0 radical (unpaired) electrons. The second kappa shape index (κ2) is 7.25. The van der Waals surface area contributed by atoms with Crippen LogP contribution >= 0.6 is 0 Å². The van der Waals surface area contributed by atoms with Crippen LogP contribution in [0.25, 0.3) is 0 Å². The number of phenolic OH excluding ortho intramolecular Hbond substituents is 1. The van der Waals surface area contributed by atoms with Gasteiger partial charge in [-0.25, -0.2) is 0 Å². The Morgan fingerprint density at radius 3 is 2.52 bits per heavy atom. The highest BCUT2D eigenvalue weighted by Crippen LogP contribution is 2.39. The van der Waals surface area contributed by atoms with E-state index in [2.05, 4.69) is 0 Å². The lowest BCUT2D eigenvalue weighted by Crippen LogP contribution is -2.16. The van der Waals surface area contributed by atoms with Gasteiger partial charge in [0, 0.05) is 24.0 Å². The van der Waals surface area contributed by atoms with E-state index in [0.717, 1.165) is 0 Å². The molecule has 0 atom stereocenters.